The van der Waals surface area contributed by atoms with Gasteiger partial charge in [-0.3, -0.25) is 4.79 Å². The summed E-state index contributed by atoms with van der Waals surface area (Å²) in [5.74, 6) is 1.04. The van der Waals surface area contributed by atoms with Crippen LogP contribution in [0.4, 0.5) is 16.2 Å². The molecule has 0 fully saturated rings. The molecule has 1 aromatic carbocycles. The minimum absolute atomic E-state index is 0.294. The molecule has 0 aliphatic heterocycles. The van der Waals surface area contributed by atoms with Crippen LogP contribution in [0.15, 0.2) is 59.9 Å². The second-order valence-corrected chi connectivity index (χ2v) is 6.44. The third-order valence-electron chi connectivity index (χ3n) is 4.32. The van der Waals surface area contributed by atoms with Gasteiger partial charge < -0.3 is 24.9 Å². The van der Waals surface area contributed by atoms with Crippen molar-refractivity contribution in [3.63, 3.8) is 0 Å². The SMILES string of the molecule is Cc1cc(Oc2ncnc3ccn(C)c23)ccc1NC(=O)Nc1cc[nH]c(=O)c1. The lowest BCUT2D eigenvalue weighted by Crippen LogP contribution is -2.21. The van der Waals surface area contributed by atoms with E-state index in [1.807, 2.05) is 30.8 Å². The van der Waals surface area contributed by atoms with Crippen LogP contribution >= 0.6 is 0 Å². The summed E-state index contributed by atoms with van der Waals surface area (Å²) in [5, 5.41) is 5.37. The number of carbonyl (C=O) groups excluding carboxylic acids is 1. The van der Waals surface area contributed by atoms with E-state index < -0.39 is 6.03 Å². The largest absolute Gasteiger partial charge is 0.437 e. The Morgan fingerprint density at radius 3 is 2.79 bits per heavy atom. The fourth-order valence-electron chi connectivity index (χ4n) is 2.92. The Hall–Kier alpha value is -4.14. The molecule has 3 heterocycles. The molecule has 0 spiro atoms. The van der Waals surface area contributed by atoms with Gasteiger partial charge in [0.1, 0.15) is 17.6 Å². The molecule has 0 aliphatic rings. The number of anilines is 2. The lowest BCUT2D eigenvalue weighted by atomic mass is 10.2. The Morgan fingerprint density at radius 2 is 2.00 bits per heavy atom. The third-order valence-corrected chi connectivity index (χ3v) is 4.32. The van der Waals surface area contributed by atoms with Gasteiger partial charge in [-0.15, -0.1) is 0 Å². The first-order valence-electron chi connectivity index (χ1n) is 8.81. The number of urea groups is 1. The summed E-state index contributed by atoms with van der Waals surface area (Å²) in [7, 11) is 1.90. The maximum absolute atomic E-state index is 12.2. The molecule has 4 aromatic rings. The van der Waals surface area contributed by atoms with E-state index in [2.05, 4.69) is 25.6 Å². The van der Waals surface area contributed by atoms with Crippen LogP contribution in [0.25, 0.3) is 11.0 Å². The summed E-state index contributed by atoms with van der Waals surface area (Å²) in [5.41, 5.74) is 3.12. The molecule has 3 N–H and O–H groups in total. The number of rotatable bonds is 4. The number of aromatic nitrogens is 4. The number of carbonyl (C=O) groups is 1. The van der Waals surface area contributed by atoms with Crippen LogP contribution in [0, 0.1) is 6.92 Å². The summed E-state index contributed by atoms with van der Waals surface area (Å²) >= 11 is 0. The van der Waals surface area contributed by atoms with E-state index in [9.17, 15) is 9.59 Å². The molecule has 0 bridgehead atoms. The number of H-pyrrole nitrogens is 1. The third kappa shape index (κ3) is 3.93. The topological polar surface area (TPSA) is 114 Å². The van der Waals surface area contributed by atoms with Crippen LogP contribution in [0.5, 0.6) is 11.6 Å². The second kappa shape index (κ2) is 7.47. The molecule has 2 amide bonds. The molecule has 146 valence electrons. The molecule has 3 aromatic heterocycles. The van der Waals surface area contributed by atoms with E-state index in [-0.39, 0.29) is 5.56 Å². The van der Waals surface area contributed by atoms with Crippen molar-refractivity contribution < 1.29 is 9.53 Å². The normalized spacial score (nSPS) is 10.7. The van der Waals surface area contributed by atoms with Gasteiger partial charge in [-0.1, -0.05) is 0 Å². The number of nitrogens with zero attached hydrogens (tertiary/aromatic N) is 3. The van der Waals surface area contributed by atoms with Crippen LogP contribution in [0.2, 0.25) is 0 Å². The zero-order valence-electron chi connectivity index (χ0n) is 15.8. The first-order chi connectivity index (χ1) is 14.0. The van der Waals surface area contributed by atoms with Gasteiger partial charge in [0.15, 0.2) is 0 Å². The molecule has 0 radical (unpaired) electrons. The van der Waals surface area contributed by atoms with Crippen LogP contribution in [0.3, 0.4) is 0 Å². The number of fused-ring (bicyclic) bond motifs is 1. The zero-order chi connectivity index (χ0) is 20.4. The number of hydrogen-bond donors (Lipinski definition) is 3. The van der Waals surface area contributed by atoms with Crippen LogP contribution in [-0.2, 0) is 7.05 Å². The Morgan fingerprint density at radius 1 is 1.14 bits per heavy atom. The van der Waals surface area contributed by atoms with Crippen molar-refractivity contribution >= 4 is 28.4 Å². The predicted octanol–water partition coefficient (Wildman–Crippen LogP) is 3.40. The van der Waals surface area contributed by atoms with Crippen molar-refractivity contribution in [3.05, 3.63) is 71.0 Å². The maximum Gasteiger partial charge on any atom is 0.323 e. The van der Waals surface area contributed by atoms with Gasteiger partial charge in [0.05, 0.1) is 5.52 Å². The van der Waals surface area contributed by atoms with Crippen LogP contribution in [0.1, 0.15) is 5.56 Å². The molecule has 0 aliphatic carbocycles. The van der Waals surface area contributed by atoms with E-state index in [0.717, 1.165) is 16.6 Å². The molecular weight excluding hydrogens is 372 g/mol. The van der Waals surface area contributed by atoms with Gasteiger partial charge >= 0.3 is 6.03 Å². The first-order valence-corrected chi connectivity index (χ1v) is 8.81. The Balaban J connectivity index is 1.49. The fourth-order valence-corrected chi connectivity index (χ4v) is 2.92. The number of hydrogen-bond acceptors (Lipinski definition) is 5. The standard InChI is InChI=1S/C20H18N6O3/c1-12-9-14(29-19-18-16(22-11-23-19)6-8-26(18)2)3-4-15(12)25-20(28)24-13-5-7-21-17(27)10-13/h3-11H,1-2H3,(H3,21,24,25,27,28). The summed E-state index contributed by atoms with van der Waals surface area (Å²) in [4.78, 5) is 34.4. The molecule has 0 saturated carbocycles. The summed E-state index contributed by atoms with van der Waals surface area (Å²) < 4.78 is 7.84. The van der Waals surface area contributed by atoms with E-state index in [1.165, 1.54) is 18.6 Å². The minimum atomic E-state index is -0.450. The van der Waals surface area contributed by atoms with E-state index in [4.69, 9.17) is 4.74 Å². The van der Waals surface area contributed by atoms with E-state index in [0.29, 0.717) is 23.0 Å². The van der Waals surface area contributed by atoms with E-state index in [1.54, 1.807) is 24.3 Å². The molecule has 4 rings (SSSR count). The Kier molecular flexibility index (Phi) is 4.70. The predicted molar refractivity (Wildman–Crippen MR) is 109 cm³/mol. The van der Waals surface area contributed by atoms with Gasteiger partial charge in [-0.25, -0.2) is 9.78 Å². The van der Waals surface area contributed by atoms with Crippen molar-refractivity contribution in [2.24, 2.45) is 7.05 Å². The molecular formula is C20H18N6O3. The molecule has 9 heteroatoms. The summed E-state index contributed by atoms with van der Waals surface area (Å²) in [6.07, 6.45) is 4.81. The number of aromatic amines is 1. The van der Waals surface area contributed by atoms with E-state index >= 15 is 0 Å². The number of amides is 2. The number of ether oxygens (including phenoxy) is 1. The van der Waals surface area contributed by atoms with Crippen molar-refractivity contribution in [1.29, 1.82) is 0 Å². The van der Waals surface area contributed by atoms with Gasteiger partial charge in [0.25, 0.3) is 0 Å². The minimum Gasteiger partial charge on any atom is -0.437 e. The zero-order valence-corrected chi connectivity index (χ0v) is 15.8. The molecule has 0 unspecified atom stereocenters. The number of pyridine rings is 1. The first kappa shape index (κ1) is 18.2. The van der Waals surface area contributed by atoms with Gasteiger partial charge in [-0.05, 0) is 42.8 Å². The van der Waals surface area contributed by atoms with Crippen molar-refractivity contribution in [2.45, 2.75) is 6.92 Å². The highest BCUT2D eigenvalue weighted by Crippen LogP contribution is 2.29. The molecule has 9 nitrogen and oxygen atoms in total. The fraction of sp³-hybridized carbons (Fsp3) is 0.100. The second-order valence-electron chi connectivity index (χ2n) is 6.44. The van der Waals surface area contributed by atoms with Crippen LogP contribution in [-0.4, -0.2) is 25.6 Å². The average molecular weight is 390 g/mol. The molecule has 0 saturated heterocycles. The lowest BCUT2D eigenvalue weighted by molar-refractivity contribution is 0.262. The highest BCUT2D eigenvalue weighted by molar-refractivity contribution is 6.00. The van der Waals surface area contributed by atoms with Gasteiger partial charge in [0.2, 0.25) is 11.4 Å². The number of aryl methyl sites for hydroxylation is 2. The molecule has 29 heavy (non-hydrogen) atoms. The van der Waals surface area contributed by atoms with Crippen molar-refractivity contribution in [2.75, 3.05) is 10.6 Å². The summed E-state index contributed by atoms with van der Waals surface area (Å²) in [6.45, 7) is 1.85. The maximum atomic E-state index is 12.2. The quantitative estimate of drug-likeness (QED) is 0.494. The average Bonchev–Trinajstić information content (AvgIpc) is 3.06. The van der Waals surface area contributed by atoms with Crippen molar-refractivity contribution in [1.82, 2.24) is 19.5 Å². The molecule has 0 atom stereocenters. The van der Waals surface area contributed by atoms with Gasteiger partial charge in [-0.2, -0.15) is 4.98 Å². The van der Waals surface area contributed by atoms with Crippen molar-refractivity contribution in [3.8, 4) is 11.6 Å². The number of nitrogens with one attached hydrogen (secondary N) is 3. The number of benzene rings is 1. The highest BCUT2D eigenvalue weighted by atomic mass is 16.5. The lowest BCUT2D eigenvalue weighted by Gasteiger charge is -2.12. The monoisotopic (exact) mass is 390 g/mol. The summed E-state index contributed by atoms with van der Waals surface area (Å²) in [6, 6.07) is 9.62. The Bertz CT molecular complexity index is 1260. The smallest absolute Gasteiger partial charge is 0.323 e. The highest BCUT2D eigenvalue weighted by Gasteiger charge is 2.11. The van der Waals surface area contributed by atoms with Crippen LogP contribution < -0.4 is 20.9 Å². The van der Waals surface area contributed by atoms with Gasteiger partial charge in [0, 0.05) is 36.9 Å². The Labute approximate surface area is 165 Å².